The average Bonchev–Trinajstić information content (AvgIpc) is 2.63. The van der Waals surface area contributed by atoms with Crippen molar-refractivity contribution in [2.75, 3.05) is 5.32 Å². The molecule has 2 rings (SSSR count). The number of halogens is 1. The molecule has 0 amide bonds. The summed E-state index contributed by atoms with van der Waals surface area (Å²) >= 11 is 5.16. The molecule has 0 saturated heterocycles. The highest BCUT2D eigenvalue weighted by molar-refractivity contribution is 9.10. The predicted molar refractivity (Wildman–Crippen MR) is 73.1 cm³/mol. The number of benzene rings is 1. The van der Waals surface area contributed by atoms with Crippen molar-refractivity contribution in [1.82, 2.24) is 4.98 Å². The second kappa shape index (κ2) is 4.97. The Kier molecular flexibility index (Phi) is 3.61. The molecule has 0 fully saturated rings. The fourth-order valence-electron chi connectivity index (χ4n) is 1.50. The van der Waals surface area contributed by atoms with Gasteiger partial charge in [0, 0.05) is 15.0 Å². The zero-order valence-electron chi connectivity index (χ0n) is 9.25. The molecule has 1 N–H and O–H groups in total. The summed E-state index contributed by atoms with van der Waals surface area (Å²) in [6, 6.07) is 6.26. The first-order valence-electron chi connectivity index (χ1n) is 5.06. The van der Waals surface area contributed by atoms with Crippen LogP contribution in [0.5, 0.6) is 0 Å². The van der Waals surface area contributed by atoms with E-state index in [0.717, 1.165) is 16.7 Å². The quantitative estimate of drug-likeness (QED) is 0.921. The minimum atomic E-state index is 0.846. The molecule has 2 aromatic rings. The molecular weight excluding hydrogens is 284 g/mol. The van der Waals surface area contributed by atoms with E-state index in [-0.39, 0.29) is 0 Å². The fourth-order valence-corrected chi connectivity index (χ4v) is 2.69. The molecule has 0 aliphatic rings. The second-order valence-electron chi connectivity index (χ2n) is 3.67. The Morgan fingerprint density at radius 2 is 2.19 bits per heavy atom. The number of thiazole rings is 1. The van der Waals surface area contributed by atoms with Crippen LogP contribution >= 0.6 is 27.3 Å². The zero-order chi connectivity index (χ0) is 11.5. The SMILES string of the molecule is Cc1cc(Br)ccc1NCc1scnc1C. The van der Waals surface area contributed by atoms with E-state index in [4.69, 9.17) is 0 Å². The van der Waals surface area contributed by atoms with Gasteiger partial charge in [-0.05, 0) is 37.6 Å². The van der Waals surface area contributed by atoms with E-state index in [1.807, 2.05) is 12.4 Å². The van der Waals surface area contributed by atoms with Gasteiger partial charge in [0.25, 0.3) is 0 Å². The highest BCUT2D eigenvalue weighted by Crippen LogP contribution is 2.21. The topological polar surface area (TPSA) is 24.9 Å². The van der Waals surface area contributed by atoms with E-state index >= 15 is 0 Å². The van der Waals surface area contributed by atoms with Gasteiger partial charge in [-0.25, -0.2) is 4.98 Å². The maximum atomic E-state index is 4.24. The lowest BCUT2D eigenvalue weighted by atomic mass is 10.2. The Morgan fingerprint density at radius 1 is 1.38 bits per heavy atom. The third-order valence-corrected chi connectivity index (χ3v) is 3.90. The molecule has 0 saturated carbocycles. The molecular formula is C12H13BrN2S. The van der Waals surface area contributed by atoms with Crippen LogP contribution in [-0.2, 0) is 6.54 Å². The lowest BCUT2D eigenvalue weighted by Gasteiger charge is -2.09. The summed E-state index contributed by atoms with van der Waals surface area (Å²) in [5.41, 5.74) is 5.43. The summed E-state index contributed by atoms with van der Waals surface area (Å²) in [5.74, 6) is 0. The lowest BCUT2D eigenvalue weighted by Crippen LogP contribution is -2.00. The molecule has 2 nitrogen and oxygen atoms in total. The summed E-state index contributed by atoms with van der Waals surface area (Å²) < 4.78 is 1.12. The largest absolute Gasteiger partial charge is 0.380 e. The standard InChI is InChI=1S/C12H13BrN2S/c1-8-5-10(13)3-4-11(8)14-6-12-9(2)15-7-16-12/h3-5,7,14H,6H2,1-2H3. The highest BCUT2D eigenvalue weighted by atomic mass is 79.9. The molecule has 1 aromatic heterocycles. The molecule has 4 heteroatoms. The Hall–Kier alpha value is -0.870. The Labute approximate surface area is 108 Å². The van der Waals surface area contributed by atoms with Crippen molar-refractivity contribution in [2.45, 2.75) is 20.4 Å². The van der Waals surface area contributed by atoms with Crippen molar-refractivity contribution in [2.24, 2.45) is 0 Å². The van der Waals surface area contributed by atoms with Crippen LogP contribution in [0.1, 0.15) is 16.1 Å². The van der Waals surface area contributed by atoms with E-state index in [0.29, 0.717) is 0 Å². The van der Waals surface area contributed by atoms with Crippen molar-refractivity contribution in [3.8, 4) is 0 Å². The van der Waals surface area contributed by atoms with Gasteiger partial charge >= 0.3 is 0 Å². The molecule has 0 bridgehead atoms. The molecule has 16 heavy (non-hydrogen) atoms. The number of rotatable bonds is 3. The smallest absolute Gasteiger partial charge is 0.0798 e. The minimum absolute atomic E-state index is 0.846. The minimum Gasteiger partial charge on any atom is -0.380 e. The summed E-state index contributed by atoms with van der Waals surface area (Å²) in [4.78, 5) is 5.53. The van der Waals surface area contributed by atoms with Crippen molar-refractivity contribution < 1.29 is 0 Å². The van der Waals surface area contributed by atoms with E-state index < -0.39 is 0 Å². The Bertz CT molecular complexity index is 494. The first-order chi connectivity index (χ1) is 7.66. The van der Waals surface area contributed by atoms with Crippen LogP contribution in [-0.4, -0.2) is 4.98 Å². The Morgan fingerprint density at radius 3 is 2.81 bits per heavy atom. The van der Waals surface area contributed by atoms with Crippen LogP contribution in [0.15, 0.2) is 28.2 Å². The monoisotopic (exact) mass is 296 g/mol. The number of aromatic nitrogens is 1. The maximum Gasteiger partial charge on any atom is 0.0798 e. The average molecular weight is 297 g/mol. The van der Waals surface area contributed by atoms with Gasteiger partial charge in [0.15, 0.2) is 0 Å². The molecule has 0 atom stereocenters. The maximum absolute atomic E-state index is 4.24. The molecule has 0 aliphatic carbocycles. The van der Waals surface area contributed by atoms with Gasteiger partial charge in [-0.1, -0.05) is 15.9 Å². The van der Waals surface area contributed by atoms with Gasteiger partial charge in [-0.2, -0.15) is 0 Å². The fraction of sp³-hybridized carbons (Fsp3) is 0.250. The molecule has 84 valence electrons. The number of anilines is 1. The van der Waals surface area contributed by atoms with E-state index in [1.165, 1.54) is 16.1 Å². The highest BCUT2D eigenvalue weighted by Gasteiger charge is 2.02. The van der Waals surface area contributed by atoms with Crippen molar-refractivity contribution in [3.05, 3.63) is 44.3 Å². The van der Waals surface area contributed by atoms with Crippen LogP contribution in [0.2, 0.25) is 0 Å². The molecule has 0 spiro atoms. The first-order valence-corrected chi connectivity index (χ1v) is 6.73. The number of hydrogen-bond donors (Lipinski definition) is 1. The third kappa shape index (κ3) is 2.62. The normalized spacial score (nSPS) is 10.4. The van der Waals surface area contributed by atoms with E-state index in [1.54, 1.807) is 11.3 Å². The van der Waals surface area contributed by atoms with Gasteiger partial charge < -0.3 is 5.32 Å². The number of nitrogens with zero attached hydrogens (tertiary/aromatic N) is 1. The third-order valence-electron chi connectivity index (χ3n) is 2.47. The van der Waals surface area contributed by atoms with Crippen LogP contribution in [0.3, 0.4) is 0 Å². The van der Waals surface area contributed by atoms with Crippen molar-refractivity contribution >= 4 is 33.0 Å². The Balaban J connectivity index is 2.08. The van der Waals surface area contributed by atoms with Crippen molar-refractivity contribution in [1.29, 1.82) is 0 Å². The van der Waals surface area contributed by atoms with E-state index in [9.17, 15) is 0 Å². The van der Waals surface area contributed by atoms with Gasteiger partial charge in [-0.15, -0.1) is 11.3 Å². The first kappa shape index (κ1) is 11.6. The van der Waals surface area contributed by atoms with Crippen LogP contribution in [0.25, 0.3) is 0 Å². The van der Waals surface area contributed by atoms with Gasteiger partial charge in [0.1, 0.15) is 0 Å². The lowest BCUT2D eigenvalue weighted by molar-refractivity contribution is 1.12. The van der Waals surface area contributed by atoms with Gasteiger partial charge in [-0.3, -0.25) is 0 Å². The van der Waals surface area contributed by atoms with Crippen LogP contribution in [0, 0.1) is 13.8 Å². The predicted octanol–water partition coefficient (Wildman–Crippen LogP) is 4.13. The van der Waals surface area contributed by atoms with Gasteiger partial charge in [0.05, 0.1) is 17.7 Å². The molecule has 1 heterocycles. The van der Waals surface area contributed by atoms with Crippen LogP contribution < -0.4 is 5.32 Å². The molecule has 0 radical (unpaired) electrons. The summed E-state index contributed by atoms with van der Waals surface area (Å²) in [5, 5.41) is 3.43. The number of nitrogens with one attached hydrogen (secondary N) is 1. The van der Waals surface area contributed by atoms with Crippen molar-refractivity contribution in [3.63, 3.8) is 0 Å². The van der Waals surface area contributed by atoms with E-state index in [2.05, 4.69) is 51.4 Å². The molecule has 0 aliphatic heterocycles. The molecule has 0 unspecified atom stereocenters. The summed E-state index contributed by atoms with van der Waals surface area (Å²) in [7, 11) is 0. The summed E-state index contributed by atoms with van der Waals surface area (Å²) in [6.45, 7) is 4.99. The number of aryl methyl sites for hydroxylation is 2. The zero-order valence-corrected chi connectivity index (χ0v) is 11.7. The second-order valence-corrected chi connectivity index (χ2v) is 5.53. The number of hydrogen-bond acceptors (Lipinski definition) is 3. The van der Waals surface area contributed by atoms with Gasteiger partial charge in [0.2, 0.25) is 0 Å². The summed E-state index contributed by atoms with van der Waals surface area (Å²) in [6.07, 6.45) is 0. The molecule has 1 aromatic carbocycles. The van der Waals surface area contributed by atoms with Crippen LogP contribution in [0.4, 0.5) is 5.69 Å².